The standard InChI is InChI=1S/C2ClF3O3S/c3-10(7,8)9-2(6)1(4)5. The van der Waals surface area contributed by atoms with Crippen molar-refractivity contribution in [2.24, 2.45) is 0 Å². The summed E-state index contributed by atoms with van der Waals surface area (Å²) in [6, 6.07) is -2.52. The lowest BCUT2D eigenvalue weighted by atomic mass is 11.0. The first-order valence-electron chi connectivity index (χ1n) is 1.68. The van der Waals surface area contributed by atoms with Gasteiger partial charge < -0.3 is 4.18 Å². The second kappa shape index (κ2) is 3.11. The highest BCUT2D eigenvalue weighted by Crippen LogP contribution is 2.15. The minimum atomic E-state index is -4.71. The molecule has 0 aliphatic rings. The molecule has 0 radical (unpaired) electrons. The van der Waals surface area contributed by atoms with E-state index in [9.17, 15) is 21.6 Å². The first-order valence-corrected chi connectivity index (χ1v) is 3.91. The number of rotatable bonds is 2. The first-order chi connectivity index (χ1) is 4.33. The lowest BCUT2D eigenvalue weighted by molar-refractivity contribution is 0.249. The summed E-state index contributed by atoms with van der Waals surface area (Å²) in [5.41, 5.74) is 0. The van der Waals surface area contributed by atoms with Crippen molar-refractivity contribution in [3.63, 3.8) is 0 Å². The van der Waals surface area contributed by atoms with Gasteiger partial charge in [0.05, 0.1) is 10.7 Å². The molecule has 0 amide bonds. The molecule has 0 atom stereocenters. The molecule has 0 aliphatic heterocycles. The van der Waals surface area contributed by atoms with Crippen molar-refractivity contribution in [2.45, 2.75) is 0 Å². The summed E-state index contributed by atoms with van der Waals surface area (Å²) in [6.07, 6.45) is -2.88. The zero-order chi connectivity index (χ0) is 8.36. The molecule has 0 N–H and O–H groups in total. The van der Waals surface area contributed by atoms with Crippen LogP contribution in [0.1, 0.15) is 0 Å². The van der Waals surface area contributed by atoms with Crippen molar-refractivity contribution in [3.05, 3.63) is 12.1 Å². The van der Waals surface area contributed by atoms with Crippen LogP contribution in [0.2, 0.25) is 0 Å². The Morgan fingerprint density at radius 3 is 1.80 bits per heavy atom. The van der Waals surface area contributed by atoms with E-state index in [-0.39, 0.29) is 0 Å². The average molecular weight is 197 g/mol. The molecule has 0 heterocycles. The van der Waals surface area contributed by atoms with Gasteiger partial charge in [-0.2, -0.15) is 21.6 Å². The van der Waals surface area contributed by atoms with Crippen LogP contribution in [0.25, 0.3) is 0 Å². The third-order valence-corrected chi connectivity index (χ3v) is 0.856. The highest BCUT2D eigenvalue weighted by atomic mass is 35.7. The van der Waals surface area contributed by atoms with E-state index in [2.05, 4.69) is 14.9 Å². The van der Waals surface area contributed by atoms with E-state index in [1.807, 2.05) is 0 Å². The lowest BCUT2D eigenvalue weighted by Gasteiger charge is -1.92. The summed E-state index contributed by atoms with van der Waals surface area (Å²) in [5, 5.41) is 0. The SMILES string of the molecule is O=S(=O)(Cl)OC(F)=C(F)F. The summed E-state index contributed by atoms with van der Waals surface area (Å²) in [7, 11) is -0.494. The van der Waals surface area contributed by atoms with Gasteiger partial charge in [0.15, 0.2) is 0 Å². The highest BCUT2D eigenvalue weighted by Gasteiger charge is 2.14. The van der Waals surface area contributed by atoms with Crippen LogP contribution < -0.4 is 0 Å². The molecular formula is C2ClF3O3S. The monoisotopic (exact) mass is 196 g/mol. The maximum absolute atomic E-state index is 11.5. The average Bonchev–Trinajstić information content (AvgIpc) is 1.60. The molecule has 0 aromatic heterocycles. The van der Waals surface area contributed by atoms with Crippen LogP contribution in [0.5, 0.6) is 0 Å². The minimum Gasteiger partial charge on any atom is -0.335 e. The summed E-state index contributed by atoms with van der Waals surface area (Å²) in [5.74, 6) is 0. The van der Waals surface area contributed by atoms with E-state index in [4.69, 9.17) is 0 Å². The van der Waals surface area contributed by atoms with Gasteiger partial charge in [-0.1, -0.05) is 0 Å². The van der Waals surface area contributed by atoms with Crippen LogP contribution in [0.3, 0.4) is 0 Å². The maximum atomic E-state index is 11.5. The van der Waals surface area contributed by atoms with Gasteiger partial charge in [0.1, 0.15) is 0 Å². The van der Waals surface area contributed by atoms with Crippen LogP contribution in [0.4, 0.5) is 13.2 Å². The Morgan fingerprint density at radius 2 is 1.70 bits per heavy atom. The van der Waals surface area contributed by atoms with E-state index in [0.717, 1.165) is 0 Å². The first kappa shape index (κ1) is 9.57. The zero-order valence-corrected chi connectivity index (χ0v) is 5.72. The normalized spacial score (nSPS) is 10.8. The Labute approximate surface area is 58.7 Å². The molecule has 0 aromatic carbocycles. The molecule has 3 nitrogen and oxygen atoms in total. The smallest absolute Gasteiger partial charge is 0.335 e. The molecule has 0 bridgehead atoms. The van der Waals surface area contributed by atoms with Gasteiger partial charge in [-0.15, -0.1) is 0 Å². The maximum Gasteiger partial charge on any atom is 0.403 e. The second-order valence-electron chi connectivity index (χ2n) is 1.01. The Kier molecular flexibility index (Phi) is 2.97. The largest absolute Gasteiger partial charge is 0.403 e. The van der Waals surface area contributed by atoms with E-state index >= 15 is 0 Å². The van der Waals surface area contributed by atoms with Crippen LogP contribution in [-0.2, 0) is 13.5 Å². The molecule has 0 saturated carbocycles. The Bertz CT molecular complexity index is 240. The molecule has 0 fully saturated rings. The number of hydrogen-bond donors (Lipinski definition) is 0. The van der Waals surface area contributed by atoms with E-state index in [1.54, 1.807) is 0 Å². The molecule has 0 rings (SSSR count). The Balaban J connectivity index is 4.35. The molecule has 60 valence electrons. The fraction of sp³-hybridized carbons (Fsp3) is 0. The van der Waals surface area contributed by atoms with Gasteiger partial charge in [0.2, 0.25) is 0 Å². The molecular weight excluding hydrogens is 197 g/mol. The zero-order valence-electron chi connectivity index (χ0n) is 4.14. The topological polar surface area (TPSA) is 43.4 Å². The fourth-order valence-corrected chi connectivity index (χ4v) is 0.523. The van der Waals surface area contributed by atoms with Crippen molar-refractivity contribution in [1.82, 2.24) is 0 Å². The van der Waals surface area contributed by atoms with Crippen molar-refractivity contribution >= 4 is 20.0 Å². The van der Waals surface area contributed by atoms with E-state index < -0.39 is 21.4 Å². The quantitative estimate of drug-likeness (QED) is 0.497. The Morgan fingerprint density at radius 1 is 1.30 bits per heavy atom. The molecule has 10 heavy (non-hydrogen) atoms. The van der Waals surface area contributed by atoms with Crippen LogP contribution >= 0.6 is 10.7 Å². The minimum absolute atomic E-state index is 2.52. The van der Waals surface area contributed by atoms with Crippen molar-refractivity contribution < 1.29 is 25.8 Å². The predicted molar refractivity (Wildman–Crippen MR) is 26.2 cm³/mol. The second-order valence-corrected chi connectivity index (χ2v) is 3.10. The summed E-state index contributed by atoms with van der Waals surface area (Å²) >= 11 is 0. The van der Waals surface area contributed by atoms with Gasteiger partial charge in [-0.05, 0) is 0 Å². The predicted octanol–water partition coefficient (Wildman–Crippen LogP) is 1.52. The van der Waals surface area contributed by atoms with Crippen LogP contribution in [0, 0.1) is 0 Å². The summed E-state index contributed by atoms with van der Waals surface area (Å²) < 4.78 is 55.8. The summed E-state index contributed by atoms with van der Waals surface area (Å²) in [6.45, 7) is 0. The van der Waals surface area contributed by atoms with Crippen LogP contribution in [-0.4, -0.2) is 8.42 Å². The molecule has 0 spiro atoms. The van der Waals surface area contributed by atoms with Gasteiger partial charge in [-0.25, -0.2) is 0 Å². The molecule has 0 aliphatic carbocycles. The van der Waals surface area contributed by atoms with Crippen molar-refractivity contribution in [1.29, 1.82) is 0 Å². The molecule has 0 aromatic rings. The van der Waals surface area contributed by atoms with Crippen molar-refractivity contribution in [2.75, 3.05) is 0 Å². The third kappa shape index (κ3) is 4.45. The molecule has 0 saturated heterocycles. The van der Waals surface area contributed by atoms with Crippen molar-refractivity contribution in [3.8, 4) is 0 Å². The lowest BCUT2D eigenvalue weighted by Crippen LogP contribution is -1.93. The van der Waals surface area contributed by atoms with Gasteiger partial charge in [0.25, 0.3) is 0 Å². The molecule has 0 unspecified atom stereocenters. The Hall–Kier alpha value is -0.430. The molecule has 8 heteroatoms. The number of halogens is 4. The fourth-order valence-electron chi connectivity index (χ4n) is 0.119. The van der Waals surface area contributed by atoms with Gasteiger partial charge >= 0.3 is 21.4 Å². The van der Waals surface area contributed by atoms with Gasteiger partial charge in [0, 0.05) is 0 Å². The number of hydrogen-bond acceptors (Lipinski definition) is 3. The third-order valence-electron chi connectivity index (χ3n) is 0.321. The summed E-state index contributed by atoms with van der Waals surface area (Å²) in [4.78, 5) is 0. The van der Waals surface area contributed by atoms with E-state index in [0.29, 0.717) is 0 Å². The van der Waals surface area contributed by atoms with Gasteiger partial charge in [-0.3, -0.25) is 0 Å². The van der Waals surface area contributed by atoms with Crippen LogP contribution in [0.15, 0.2) is 12.1 Å². The highest BCUT2D eigenvalue weighted by molar-refractivity contribution is 8.10. The van der Waals surface area contributed by atoms with E-state index in [1.165, 1.54) is 0 Å².